The van der Waals surface area contributed by atoms with Gasteiger partial charge >= 0.3 is 11.9 Å². The van der Waals surface area contributed by atoms with Gasteiger partial charge in [0.15, 0.2) is 0 Å². The fourth-order valence-corrected chi connectivity index (χ4v) is 11.4. The minimum Gasteiger partial charge on any atom is -0.487 e. The number of fused-ring (bicyclic) bond motifs is 2. The van der Waals surface area contributed by atoms with Crippen molar-refractivity contribution in [2.45, 2.75) is 276 Å². The van der Waals surface area contributed by atoms with Crippen molar-refractivity contribution in [2.24, 2.45) is 35.5 Å². The summed E-state index contributed by atoms with van der Waals surface area (Å²) in [6.45, 7) is 35.8. The smallest absolute Gasteiger partial charge is 0.311 e. The van der Waals surface area contributed by atoms with Gasteiger partial charge in [-0.15, -0.1) is 0 Å². The summed E-state index contributed by atoms with van der Waals surface area (Å²) in [4.78, 5) is 26.8. The predicted octanol–water partition coefficient (Wildman–Crippen LogP) is 17.9. The van der Waals surface area contributed by atoms with Gasteiger partial charge in [-0.2, -0.15) is 0 Å². The maximum Gasteiger partial charge on any atom is 0.311 e. The average molecular weight is 943 g/mol. The molecule has 2 aliphatic rings. The van der Waals surface area contributed by atoms with Crippen LogP contribution in [0.5, 0.6) is 23.0 Å². The van der Waals surface area contributed by atoms with E-state index >= 15 is 0 Å². The number of benzene rings is 2. The van der Waals surface area contributed by atoms with Gasteiger partial charge in [0.1, 0.15) is 34.2 Å². The Bertz CT molecular complexity index is 1790. The molecular formula is C62H102O6. The first-order chi connectivity index (χ1) is 32.0. The lowest BCUT2D eigenvalue weighted by atomic mass is 9.83. The van der Waals surface area contributed by atoms with Crippen molar-refractivity contribution in [2.75, 3.05) is 0 Å². The van der Waals surface area contributed by atoms with E-state index in [0.29, 0.717) is 11.5 Å². The van der Waals surface area contributed by atoms with Crippen LogP contribution in [0.25, 0.3) is 0 Å². The standard InChI is InChI=1S/C62H102O6/c1-41(2)23-17-25-43(5)27-19-29-45(7)31-21-37-61(15)39-35-53-51(13)57(47(9)49(11)59(53)67-61)65-55(63)33-34-56(64)66-58-48(10)50(12)60-54(52(58)14)36-40-62(16,68-60)38-22-32-46(8)30-20-28-44(6)26-18-24-42(3)4/h41-46H,17-40H2,1-16H3. The summed E-state index contributed by atoms with van der Waals surface area (Å²) in [7, 11) is 0. The molecule has 0 spiro atoms. The van der Waals surface area contributed by atoms with Crippen molar-refractivity contribution in [1.29, 1.82) is 0 Å². The van der Waals surface area contributed by atoms with E-state index in [0.717, 1.165) is 130 Å². The third kappa shape index (κ3) is 17.4. The first-order valence-corrected chi connectivity index (χ1v) is 28.1. The van der Waals surface area contributed by atoms with Crippen LogP contribution in [0.3, 0.4) is 0 Å². The highest BCUT2D eigenvalue weighted by molar-refractivity contribution is 5.81. The van der Waals surface area contributed by atoms with Crippen molar-refractivity contribution in [3.8, 4) is 23.0 Å². The fourth-order valence-electron chi connectivity index (χ4n) is 11.4. The molecule has 0 bridgehead atoms. The van der Waals surface area contributed by atoms with E-state index in [-0.39, 0.29) is 24.0 Å². The van der Waals surface area contributed by atoms with E-state index in [4.69, 9.17) is 18.9 Å². The summed E-state index contributed by atoms with van der Waals surface area (Å²) in [5.74, 6) is 7.04. The van der Waals surface area contributed by atoms with Crippen LogP contribution in [0.2, 0.25) is 0 Å². The van der Waals surface area contributed by atoms with E-state index in [1.165, 1.54) is 103 Å². The topological polar surface area (TPSA) is 71.1 Å². The minimum atomic E-state index is -0.428. The Labute approximate surface area is 418 Å². The van der Waals surface area contributed by atoms with Crippen LogP contribution < -0.4 is 18.9 Å². The van der Waals surface area contributed by atoms with Gasteiger partial charge in [0, 0.05) is 11.1 Å². The van der Waals surface area contributed by atoms with E-state index in [1.54, 1.807) is 0 Å². The maximum atomic E-state index is 13.4. The number of ether oxygens (including phenoxy) is 4. The van der Waals surface area contributed by atoms with Gasteiger partial charge in [0.25, 0.3) is 0 Å². The highest BCUT2D eigenvalue weighted by atomic mass is 16.5. The zero-order chi connectivity index (χ0) is 50.3. The largest absolute Gasteiger partial charge is 0.487 e. The highest BCUT2D eigenvalue weighted by Crippen LogP contribution is 2.47. The van der Waals surface area contributed by atoms with E-state index in [1.807, 2.05) is 27.7 Å². The Kier molecular flexibility index (Phi) is 22.8. The second-order valence-electron chi connectivity index (χ2n) is 24.3. The molecule has 0 saturated carbocycles. The second-order valence-corrected chi connectivity index (χ2v) is 24.3. The molecule has 2 aliphatic heterocycles. The van der Waals surface area contributed by atoms with Crippen LogP contribution in [0, 0.1) is 77.0 Å². The number of carbonyl (C=O) groups excluding carboxylic acids is 2. The SMILES string of the molecule is Cc1c(C)c2c(c(C)c1OC(=O)CCC(=O)Oc1c(C)c(C)c3c(c1C)CCC(C)(CCCC(C)CCCC(C)CCCC(C)C)O3)CCC(C)(CCCC(C)CCCC(C)CCCC(C)C)O2. The molecule has 6 atom stereocenters. The van der Waals surface area contributed by atoms with Crippen LogP contribution in [0.15, 0.2) is 0 Å². The molecule has 6 unspecified atom stereocenters. The van der Waals surface area contributed by atoms with Gasteiger partial charge in [-0.05, 0) is 176 Å². The number of hydrogen-bond donors (Lipinski definition) is 0. The van der Waals surface area contributed by atoms with Crippen LogP contribution >= 0.6 is 0 Å². The summed E-state index contributed by atoms with van der Waals surface area (Å²) in [6.07, 6.45) is 26.6. The summed E-state index contributed by atoms with van der Waals surface area (Å²) < 4.78 is 25.9. The van der Waals surface area contributed by atoms with Gasteiger partial charge in [-0.1, -0.05) is 145 Å². The zero-order valence-electron chi connectivity index (χ0n) is 46.9. The van der Waals surface area contributed by atoms with Gasteiger partial charge in [-0.3, -0.25) is 9.59 Å². The molecule has 0 N–H and O–H groups in total. The van der Waals surface area contributed by atoms with Crippen LogP contribution in [0.4, 0.5) is 0 Å². The Hall–Kier alpha value is -3.02. The summed E-state index contributed by atoms with van der Waals surface area (Å²) in [6, 6.07) is 0. The van der Waals surface area contributed by atoms with Gasteiger partial charge in [0.2, 0.25) is 0 Å². The molecule has 0 aromatic heterocycles. The van der Waals surface area contributed by atoms with Gasteiger partial charge in [0.05, 0.1) is 12.8 Å². The first-order valence-electron chi connectivity index (χ1n) is 28.1. The molecule has 2 aromatic rings. The maximum absolute atomic E-state index is 13.4. The minimum absolute atomic E-state index is 0.0577. The number of carbonyl (C=O) groups is 2. The normalized spacial score (nSPS) is 19.7. The van der Waals surface area contributed by atoms with Crippen molar-refractivity contribution in [1.82, 2.24) is 0 Å². The lowest BCUT2D eigenvalue weighted by Crippen LogP contribution is -2.37. The number of esters is 2. The number of rotatable bonds is 29. The average Bonchev–Trinajstić information content (AvgIpc) is 3.26. The van der Waals surface area contributed by atoms with Crippen molar-refractivity contribution < 1.29 is 28.5 Å². The highest BCUT2D eigenvalue weighted by Gasteiger charge is 2.37. The Balaban J connectivity index is 1.24. The molecule has 0 fully saturated rings. The molecule has 6 nitrogen and oxygen atoms in total. The van der Waals surface area contributed by atoms with Crippen LogP contribution in [0.1, 0.15) is 255 Å². The van der Waals surface area contributed by atoms with Crippen molar-refractivity contribution >= 4 is 11.9 Å². The number of hydrogen-bond acceptors (Lipinski definition) is 6. The van der Waals surface area contributed by atoms with Gasteiger partial charge < -0.3 is 18.9 Å². The monoisotopic (exact) mass is 943 g/mol. The lowest BCUT2D eigenvalue weighted by Gasteiger charge is -2.38. The summed E-state index contributed by atoms with van der Waals surface area (Å²) in [5.41, 5.74) is 7.67. The second kappa shape index (κ2) is 27.0. The fraction of sp³-hybridized carbons (Fsp3) is 0.774. The molecule has 4 rings (SSSR count). The molecule has 0 amide bonds. The summed E-state index contributed by atoms with van der Waals surface area (Å²) in [5, 5.41) is 0. The Morgan fingerprint density at radius 1 is 0.441 bits per heavy atom. The van der Waals surface area contributed by atoms with Gasteiger partial charge in [-0.25, -0.2) is 0 Å². The first kappa shape index (κ1) is 57.6. The third-order valence-electron chi connectivity index (χ3n) is 16.6. The van der Waals surface area contributed by atoms with Crippen LogP contribution in [-0.2, 0) is 22.4 Å². The molecule has 386 valence electrons. The molecule has 0 radical (unpaired) electrons. The Morgan fingerprint density at radius 3 is 1.04 bits per heavy atom. The quantitative estimate of drug-likeness (QED) is 0.0598. The molecule has 0 aliphatic carbocycles. The van der Waals surface area contributed by atoms with Crippen molar-refractivity contribution in [3.63, 3.8) is 0 Å². The molecule has 2 aromatic carbocycles. The zero-order valence-corrected chi connectivity index (χ0v) is 46.9. The molecule has 2 heterocycles. The third-order valence-corrected chi connectivity index (χ3v) is 16.6. The van der Waals surface area contributed by atoms with Crippen LogP contribution in [-0.4, -0.2) is 23.1 Å². The summed E-state index contributed by atoms with van der Waals surface area (Å²) >= 11 is 0. The van der Waals surface area contributed by atoms with E-state index < -0.39 is 11.9 Å². The molecular weight excluding hydrogens is 841 g/mol. The Morgan fingerprint density at radius 2 is 0.735 bits per heavy atom. The molecule has 6 heteroatoms. The lowest BCUT2D eigenvalue weighted by molar-refractivity contribution is -0.140. The molecule has 0 saturated heterocycles. The van der Waals surface area contributed by atoms with E-state index in [2.05, 4.69) is 83.1 Å². The predicted molar refractivity (Wildman–Crippen MR) is 286 cm³/mol. The molecule has 68 heavy (non-hydrogen) atoms. The van der Waals surface area contributed by atoms with E-state index in [9.17, 15) is 9.59 Å². The van der Waals surface area contributed by atoms with Crippen molar-refractivity contribution in [3.05, 3.63) is 44.5 Å².